The molecule has 3 fully saturated rings. The Morgan fingerprint density at radius 2 is 1.31 bits per heavy atom. The zero-order valence-electron chi connectivity index (χ0n) is 10.9. The first kappa shape index (κ1) is 11.0. The molecule has 0 aromatic carbocycles. The number of piperazine rings is 1. The van der Waals surface area contributed by atoms with Crippen LogP contribution in [0.4, 0.5) is 0 Å². The topological polar surface area (TPSA) is 6.48 Å². The highest BCUT2D eigenvalue weighted by atomic mass is 15.3. The Kier molecular flexibility index (Phi) is 2.97. The molecule has 0 spiro atoms. The van der Waals surface area contributed by atoms with Crippen LogP contribution in [0.25, 0.3) is 0 Å². The molecule has 0 N–H and O–H groups in total. The summed E-state index contributed by atoms with van der Waals surface area (Å²) in [6.45, 7) is 10.2. The molecule has 2 saturated carbocycles. The Morgan fingerprint density at radius 3 is 1.81 bits per heavy atom. The molecule has 1 aliphatic heterocycles. The van der Waals surface area contributed by atoms with Gasteiger partial charge in [0, 0.05) is 38.3 Å². The van der Waals surface area contributed by atoms with E-state index in [0.29, 0.717) is 0 Å². The quantitative estimate of drug-likeness (QED) is 0.719. The minimum absolute atomic E-state index is 0.781. The highest BCUT2D eigenvalue weighted by Crippen LogP contribution is 2.33. The molecule has 2 heteroatoms. The number of hydrogen-bond acceptors (Lipinski definition) is 2. The molecular weight excluding hydrogens is 196 g/mol. The van der Waals surface area contributed by atoms with E-state index in [0.717, 1.165) is 23.9 Å². The van der Waals surface area contributed by atoms with Crippen molar-refractivity contribution in [2.24, 2.45) is 11.8 Å². The maximum atomic E-state index is 2.76. The van der Waals surface area contributed by atoms with Crippen molar-refractivity contribution in [3.8, 4) is 0 Å². The van der Waals surface area contributed by atoms with E-state index in [1.807, 2.05) is 0 Å². The van der Waals surface area contributed by atoms with E-state index in [9.17, 15) is 0 Å². The standard InChI is InChI=1S/C14H26N2/c1-11-7-15(9-13-3-4-13)8-12(2)16(11)10-14-5-6-14/h11-14H,3-10H2,1-2H3. The SMILES string of the molecule is CC1CN(CC2CC2)CC(C)N1CC1CC1. The largest absolute Gasteiger partial charge is 0.300 e. The molecule has 2 nitrogen and oxygen atoms in total. The summed E-state index contributed by atoms with van der Waals surface area (Å²) < 4.78 is 0. The van der Waals surface area contributed by atoms with Crippen LogP contribution in [0.15, 0.2) is 0 Å². The van der Waals surface area contributed by atoms with E-state index >= 15 is 0 Å². The average molecular weight is 222 g/mol. The Labute approximate surface area is 100.0 Å². The Morgan fingerprint density at radius 1 is 0.812 bits per heavy atom. The predicted octanol–water partition coefficient (Wildman–Crippen LogP) is 2.20. The Hall–Kier alpha value is -0.0800. The third-order valence-electron chi connectivity index (χ3n) is 4.56. The van der Waals surface area contributed by atoms with Gasteiger partial charge in [-0.15, -0.1) is 0 Å². The molecule has 92 valence electrons. The van der Waals surface area contributed by atoms with Crippen molar-refractivity contribution < 1.29 is 0 Å². The molecule has 0 aromatic rings. The van der Waals surface area contributed by atoms with Crippen LogP contribution in [-0.4, -0.2) is 48.1 Å². The molecule has 3 aliphatic rings. The van der Waals surface area contributed by atoms with Gasteiger partial charge in [-0.1, -0.05) is 0 Å². The molecule has 2 unspecified atom stereocenters. The summed E-state index contributed by atoms with van der Waals surface area (Å²) >= 11 is 0. The van der Waals surface area contributed by atoms with E-state index in [1.165, 1.54) is 51.9 Å². The van der Waals surface area contributed by atoms with Crippen molar-refractivity contribution in [1.29, 1.82) is 0 Å². The van der Waals surface area contributed by atoms with Gasteiger partial charge in [0.25, 0.3) is 0 Å². The van der Waals surface area contributed by atoms with Gasteiger partial charge in [-0.05, 0) is 51.4 Å². The first-order chi connectivity index (χ1) is 7.72. The van der Waals surface area contributed by atoms with Crippen LogP contribution >= 0.6 is 0 Å². The highest BCUT2D eigenvalue weighted by molar-refractivity contribution is 4.90. The molecule has 2 aliphatic carbocycles. The van der Waals surface area contributed by atoms with E-state index in [4.69, 9.17) is 0 Å². The summed E-state index contributed by atoms with van der Waals surface area (Å²) in [6.07, 6.45) is 5.96. The first-order valence-corrected chi connectivity index (χ1v) is 7.20. The number of hydrogen-bond donors (Lipinski definition) is 0. The molecule has 3 rings (SSSR count). The second kappa shape index (κ2) is 4.30. The van der Waals surface area contributed by atoms with Gasteiger partial charge in [0.05, 0.1) is 0 Å². The van der Waals surface area contributed by atoms with E-state index in [1.54, 1.807) is 0 Å². The van der Waals surface area contributed by atoms with Crippen LogP contribution in [-0.2, 0) is 0 Å². The highest BCUT2D eigenvalue weighted by Gasteiger charge is 2.35. The lowest BCUT2D eigenvalue weighted by Gasteiger charge is -2.44. The minimum atomic E-state index is 0.781. The smallest absolute Gasteiger partial charge is 0.0198 e. The fraction of sp³-hybridized carbons (Fsp3) is 1.00. The second-order valence-electron chi connectivity index (χ2n) is 6.50. The van der Waals surface area contributed by atoms with Crippen molar-refractivity contribution in [1.82, 2.24) is 9.80 Å². The van der Waals surface area contributed by atoms with Crippen molar-refractivity contribution in [2.45, 2.75) is 51.6 Å². The zero-order chi connectivity index (χ0) is 11.1. The van der Waals surface area contributed by atoms with E-state index in [-0.39, 0.29) is 0 Å². The Bertz CT molecular complexity index is 233. The summed E-state index contributed by atoms with van der Waals surface area (Å²) in [5.41, 5.74) is 0. The lowest BCUT2D eigenvalue weighted by atomic mass is 10.1. The molecule has 0 radical (unpaired) electrons. The lowest BCUT2D eigenvalue weighted by molar-refractivity contribution is 0.0334. The maximum absolute atomic E-state index is 2.76. The van der Waals surface area contributed by atoms with Crippen LogP contribution < -0.4 is 0 Å². The van der Waals surface area contributed by atoms with Gasteiger partial charge < -0.3 is 0 Å². The summed E-state index contributed by atoms with van der Waals surface area (Å²) in [4.78, 5) is 5.48. The summed E-state index contributed by atoms with van der Waals surface area (Å²) in [6, 6.07) is 1.56. The van der Waals surface area contributed by atoms with Crippen LogP contribution in [0.5, 0.6) is 0 Å². The Balaban J connectivity index is 1.53. The predicted molar refractivity (Wildman–Crippen MR) is 67.5 cm³/mol. The summed E-state index contributed by atoms with van der Waals surface area (Å²) in [5.74, 6) is 2.09. The molecule has 0 aromatic heterocycles. The number of nitrogens with zero attached hydrogens (tertiary/aromatic N) is 2. The van der Waals surface area contributed by atoms with Gasteiger partial charge in [0.1, 0.15) is 0 Å². The van der Waals surface area contributed by atoms with Crippen LogP contribution in [0.2, 0.25) is 0 Å². The average Bonchev–Trinajstić information content (AvgIpc) is 3.06. The van der Waals surface area contributed by atoms with Crippen molar-refractivity contribution in [3.05, 3.63) is 0 Å². The zero-order valence-corrected chi connectivity index (χ0v) is 10.9. The van der Waals surface area contributed by atoms with Crippen LogP contribution in [0, 0.1) is 11.8 Å². The second-order valence-corrected chi connectivity index (χ2v) is 6.50. The molecular formula is C14H26N2. The van der Waals surface area contributed by atoms with Gasteiger partial charge in [-0.25, -0.2) is 0 Å². The molecule has 1 saturated heterocycles. The van der Waals surface area contributed by atoms with Crippen LogP contribution in [0.1, 0.15) is 39.5 Å². The molecule has 16 heavy (non-hydrogen) atoms. The molecule has 1 heterocycles. The van der Waals surface area contributed by atoms with Gasteiger partial charge in [0.15, 0.2) is 0 Å². The van der Waals surface area contributed by atoms with Gasteiger partial charge in [-0.2, -0.15) is 0 Å². The van der Waals surface area contributed by atoms with Crippen molar-refractivity contribution >= 4 is 0 Å². The first-order valence-electron chi connectivity index (χ1n) is 7.20. The fourth-order valence-electron chi connectivity index (χ4n) is 3.24. The van der Waals surface area contributed by atoms with Gasteiger partial charge >= 0.3 is 0 Å². The molecule has 2 atom stereocenters. The van der Waals surface area contributed by atoms with Crippen molar-refractivity contribution in [3.63, 3.8) is 0 Å². The van der Waals surface area contributed by atoms with Crippen LogP contribution in [0.3, 0.4) is 0 Å². The van der Waals surface area contributed by atoms with Crippen molar-refractivity contribution in [2.75, 3.05) is 26.2 Å². The summed E-state index contributed by atoms with van der Waals surface area (Å²) in [7, 11) is 0. The minimum Gasteiger partial charge on any atom is -0.300 e. The summed E-state index contributed by atoms with van der Waals surface area (Å²) in [5, 5.41) is 0. The fourth-order valence-corrected chi connectivity index (χ4v) is 3.24. The third-order valence-corrected chi connectivity index (χ3v) is 4.56. The molecule has 0 bridgehead atoms. The monoisotopic (exact) mass is 222 g/mol. The third kappa shape index (κ3) is 2.60. The number of rotatable bonds is 4. The van der Waals surface area contributed by atoms with E-state index < -0.39 is 0 Å². The lowest BCUT2D eigenvalue weighted by Crippen LogP contribution is -2.57. The van der Waals surface area contributed by atoms with E-state index in [2.05, 4.69) is 23.6 Å². The normalized spacial score (nSPS) is 37.9. The van der Waals surface area contributed by atoms with Gasteiger partial charge in [0.2, 0.25) is 0 Å². The molecule has 0 amide bonds. The van der Waals surface area contributed by atoms with Gasteiger partial charge in [-0.3, -0.25) is 9.80 Å². The maximum Gasteiger partial charge on any atom is 0.0198 e.